The van der Waals surface area contributed by atoms with Crippen LogP contribution >= 0.6 is 0 Å². The standard InChI is InChI=1S/C8H7F6N3O/c1-3-2-4(17-6(15)16-3)18-5(7(9,10)11)8(12,13)14/h2,5H,1H3,(H2,15,16,17). The molecule has 18 heavy (non-hydrogen) atoms. The van der Waals surface area contributed by atoms with Crippen LogP contribution < -0.4 is 10.5 Å². The van der Waals surface area contributed by atoms with Gasteiger partial charge in [0.05, 0.1) is 0 Å². The van der Waals surface area contributed by atoms with Gasteiger partial charge in [-0.15, -0.1) is 0 Å². The molecule has 0 radical (unpaired) electrons. The van der Waals surface area contributed by atoms with Gasteiger partial charge in [0.25, 0.3) is 6.10 Å². The summed E-state index contributed by atoms with van der Waals surface area (Å²) in [5, 5.41) is 0. The maximum Gasteiger partial charge on any atom is 0.434 e. The van der Waals surface area contributed by atoms with Gasteiger partial charge in [0, 0.05) is 11.8 Å². The second kappa shape index (κ2) is 4.50. The van der Waals surface area contributed by atoms with Crippen molar-refractivity contribution in [2.24, 2.45) is 0 Å². The van der Waals surface area contributed by atoms with Crippen LogP contribution in [0, 0.1) is 6.92 Å². The van der Waals surface area contributed by atoms with E-state index in [2.05, 4.69) is 14.7 Å². The molecule has 0 amide bonds. The molecule has 0 aliphatic rings. The predicted molar refractivity (Wildman–Crippen MR) is 47.7 cm³/mol. The number of ether oxygens (including phenoxy) is 1. The minimum absolute atomic E-state index is 0.0839. The van der Waals surface area contributed by atoms with Crippen molar-refractivity contribution in [3.63, 3.8) is 0 Å². The first-order valence-electron chi connectivity index (χ1n) is 4.41. The molecule has 1 heterocycles. The molecule has 0 atom stereocenters. The van der Waals surface area contributed by atoms with Crippen LogP contribution in [0.2, 0.25) is 0 Å². The van der Waals surface area contributed by atoms with Gasteiger partial charge in [0.2, 0.25) is 11.8 Å². The molecule has 0 spiro atoms. The number of aryl methyl sites for hydroxylation is 1. The van der Waals surface area contributed by atoms with Crippen LogP contribution in [-0.2, 0) is 0 Å². The zero-order valence-electron chi connectivity index (χ0n) is 8.80. The quantitative estimate of drug-likeness (QED) is 0.841. The van der Waals surface area contributed by atoms with Crippen molar-refractivity contribution < 1.29 is 31.1 Å². The molecule has 0 aliphatic heterocycles. The molecule has 0 saturated carbocycles. The molecule has 0 aliphatic carbocycles. The summed E-state index contributed by atoms with van der Waals surface area (Å²) in [6.07, 6.45) is -15.2. The Hall–Kier alpha value is -1.74. The van der Waals surface area contributed by atoms with Crippen LogP contribution in [0.1, 0.15) is 5.69 Å². The van der Waals surface area contributed by atoms with Crippen molar-refractivity contribution >= 4 is 5.95 Å². The van der Waals surface area contributed by atoms with Crippen molar-refractivity contribution in [2.45, 2.75) is 25.4 Å². The fourth-order valence-corrected chi connectivity index (χ4v) is 1.06. The Bertz CT molecular complexity index is 396. The molecule has 0 saturated heterocycles. The Morgan fingerprint density at radius 1 is 1.11 bits per heavy atom. The monoisotopic (exact) mass is 275 g/mol. The SMILES string of the molecule is Cc1cc(OC(C(F)(F)F)C(F)(F)F)nc(N)n1. The van der Waals surface area contributed by atoms with E-state index < -0.39 is 30.3 Å². The fraction of sp³-hybridized carbons (Fsp3) is 0.500. The van der Waals surface area contributed by atoms with Crippen molar-refractivity contribution in [3.05, 3.63) is 11.8 Å². The Balaban J connectivity index is 3.04. The highest BCUT2D eigenvalue weighted by Gasteiger charge is 2.59. The Morgan fingerprint density at radius 2 is 1.61 bits per heavy atom. The molecular weight excluding hydrogens is 268 g/mol. The van der Waals surface area contributed by atoms with Crippen LogP contribution in [0.5, 0.6) is 5.88 Å². The zero-order chi connectivity index (χ0) is 14.1. The summed E-state index contributed by atoms with van der Waals surface area (Å²) in [5.74, 6) is -1.37. The van der Waals surface area contributed by atoms with Gasteiger partial charge in [-0.1, -0.05) is 0 Å². The number of nitrogens with two attached hydrogens (primary N) is 1. The van der Waals surface area contributed by atoms with Crippen LogP contribution in [0.15, 0.2) is 6.07 Å². The summed E-state index contributed by atoms with van der Waals surface area (Å²) in [6.45, 7) is 1.32. The number of nitrogen functional groups attached to an aromatic ring is 1. The molecule has 0 bridgehead atoms. The molecular formula is C8H7F6N3O. The molecule has 0 fully saturated rings. The van der Waals surface area contributed by atoms with E-state index in [0.717, 1.165) is 6.07 Å². The van der Waals surface area contributed by atoms with Gasteiger partial charge in [-0.2, -0.15) is 31.3 Å². The number of anilines is 1. The Morgan fingerprint density at radius 3 is 2.00 bits per heavy atom. The summed E-state index contributed by atoms with van der Waals surface area (Å²) >= 11 is 0. The largest absolute Gasteiger partial charge is 0.455 e. The number of halogens is 6. The van der Waals surface area contributed by atoms with Gasteiger partial charge >= 0.3 is 12.4 Å². The van der Waals surface area contributed by atoms with E-state index in [9.17, 15) is 26.3 Å². The van der Waals surface area contributed by atoms with E-state index in [1.54, 1.807) is 0 Å². The lowest BCUT2D eigenvalue weighted by Gasteiger charge is -2.23. The van der Waals surface area contributed by atoms with Gasteiger partial charge in [-0.3, -0.25) is 0 Å². The predicted octanol–water partition coefficient (Wildman–Crippen LogP) is 2.24. The van der Waals surface area contributed by atoms with Gasteiger partial charge in [0.1, 0.15) is 0 Å². The molecule has 0 aromatic carbocycles. The number of nitrogens with zero attached hydrogens (tertiary/aromatic N) is 2. The topological polar surface area (TPSA) is 61.0 Å². The second-order valence-electron chi connectivity index (χ2n) is 3.29. The van der Waals surface area contributed by atoms with Crippen LogP contribution in [0.3, 0.4) is 0 Å². The minimum atomic E-state index is -5.61. The molecule has 0 unspecified atom stereocenters. The highest BCUT2D eigenvalue weighted by atomic mass is 19.4. The lowest BCUT2D eigenvalue weighted by molar-refractivity contribution is -0.300. The number of alkyl halides is 6. The summed E-state index contributed by atoms with van der Waals surface area (Å²) < 4.78 is 76.9. The third kappa shape index (κ3) is 3.64. The van der Waals surface area contributed by atoms with E-state index in [4.69, 9.17) is 5.73 Å². The van der Waals surface area contributed by atoms with Crippen LogP contribution in [0.4, 0.5) is 32.3 Å². The molecule has 1 aromatic heterocycles. The molecule has 1 aromatic rings. The van der Waals surface area contributed by atoms with Gasteiger partial charge in [0.15, 0.2) is 0 Å². The summed E-state index contributed by atoms with van der Waals surface area (Å²) in [5.41, 5.74) is 5.17. The maximum absolute atomic E-state index is 12.2. The lowest BCUT2D eigenvalue weighted by atomic mass is 10.3. The van der Waals surface area contributed by atoms with E-state index in [0.29, 0.717) is 0 Å². The summed E-state index contributed by atoms with van der Waals surface area (Å²) in [6, 6.07) is 0.820. The first-order chi connectivity index (χ1) is 8.00. The van der Waals surface area contributed by atoms with E-state index in [1.807, 2.05) is 0 Å². The van der Waals surface area contributed by atoms with E-state index in [1.165, 1.54) is 6.92 Å². The second-order valence-corrected chi connectivity index (χ2v) is 3.29. The summed E-state index contributed by atoms with van der Waals surface area (Å²) in [7, 11) is 0. The van der Waals surface area contributed by atoms with Crippen molar-refractivity contribution in [1.82, 2.24) is 9.97 Å². The van der Waals surface area contributed by atoms with Crippen LogP contribution in [0.25, 0.3) is 0 Å². The molecule has 2 N–H and O–H groups in total. The number of rotatable bonds is 2. The maximum atomic E-state index is 12.2. The normalized spacial score (nSPS) is 12.9. The number of hydrogen-bond acceptors (Lipinski definition) is 4. The summed E-state index contributed by atoms with van der Waals surface area (Å²) in [4.78, 5) is 6.64. The average Bonchev–Trinajstić information content (AvgIpc) is 2.08. The molecule has 1 rings (SSSR count). The van der Waals surface area contributed by atoms with Gasteiger partial charge in [-0.05, 0) is 6.92 Å². The highest BCUT2D eigenvalue weighted by molar-refractivity contribution is 5.25. The first-order valence-corrected chi connectivity index (χ1v) is 4.41. The zero-order valence-corrected chi connectivity index (χ0v) is 8.80. The Kier molecular flexibility index (Phi) is 3.58. The third-order valence-electron chi connectivity index (χ3n) is 1.68. The van der Waals surface area contributed by atoms with Crippen molar-refractivity contribution in [2.75, 3.05) is 5.73 Å². The molecule has 4 nitrogen and oxygen atoms in total. The highest BCUT2D eigenvalue weighted by Crippen LogP contribution is 2.36. The fourth-order valence-electron chi connectivity index (χ4n) is 1.06. The van der Waals surface area contributed by atoms with E-state index in [-0.39, 0.29) is 5.69 Å². The molecule has 102 valence electrons. The van der Waals surface area contributed by atoms with Crippen molar-refractivity contribution in [3.8, 4) is 5.88 Å². The van der Waals surface area contributed by atoms with Gasteiger partial charge < -0.3 is 10.5 Å². The van der Waals surface area contributed by atoms with Crippen molar-refractivity contribution in [1.29, 1.82) is 0 Å². The lowest BCUT2D eigenvalue weighted by Crippen LogP contribution is -2.46. The van der Waals surface area contributed by atoms with Gasteiger partial charge in [-0.25, -0.2) is 4.98 Å². The van der Waals surface area contributed by atoms with E-state index >= 15 is 0 Å². The van der Waals surface area contributed by atoms with Crippen LogP contribution in [-0.4, -0.2) is 28.4 Å². The number of hydrogen-bond donors (Lipinski definition) is 1. The Labute approximate surface area is 96.8 Å². The molecule has 10 heteroatoms. The number of aromatic nitrogens is 2. The smallest absolute Gasteiger partial charge is 0.434 e. The minimum Gasteiger partial charge on any atom is -0.455 e. The first kappa shape index (κ1) is 14.3. The average molecular weight is 275 g/mol. The third-order valence-corrected chi connectivity index (χ3v) is 1.68.